The summed E-state index contributed by atoms with van der Waals surface area (Å²) in [5.41, 5.74) is 1.78. The zero-order valence-electron chi connectivity index (χ0n) is 19.1. The molecule has 0 heterocycles. The number of aryl methyl sites for hydroxylation is 1. The van der Waals surface area contributed by atoms with Crippen molar-refractivity contribution in [2.45, 2.75) is 57.4 Å². The fourth-order valence-corrected chi connectivity index (χ4v) is 4.10. The number of hydrogen-bond acceptors (Lipinski definition) is 6. The largest absolute Gasteiger partial charge is 0.456 e. The maximum Gasteiger partial charge on any atom is 0.324 e. The first kappa shape index (κ1) is 26.2. The van der Waals surface area contributed by atoms with Crippen molar-refractivity contribution in [2.24, 2.45) is 0 Å². The summed E-state index contributed by atoms with van der Waals surface area (Å²) < 4.78 is 32.0. The molecule has 0 saturated heterocycles. The molecule has 9 heteroatoms. The monoisotopic (exact) mass is 474 g/mol. The van der Waals surface area contributed by atoms with Gasteiger partial charge in [-0.2, -0.15) is 4.72 Å². The summed E-state index contributed by atoms with van der Waals surface area (Å²) in [5, 5.41) is 2.77. The van der Waals surface area contributed by atoms with Crippen LogP contribution in [-0.2, 0) is 24.3 Å². The van der Waals surface area contributed by atoms with Crippen LogP contribution in [0.1, 0.15) is 55.5 Å². The third-order valence-corrected chi connectivity index (χ3v) is 6.42. The van der Waals surface area contributed by atoms with Crippen molar-refractivity contribution in [1.29, 1.82) is 0 Å². The van der Waals surface area contributed by atoms with E-state index in [9.17, 15) is 22.8 Å². The van der Waals surface area contributed by atoms with Crippen LogP contribution in [0.4, 0.5) is 5.69 Å². The molecule has 2 rings (SSSR count). The van der Waals surface area contributed by atoms with Crippen LogP contribution >= 0.6 is 0 Å². The van der Waals surface area contributed by atoms with Gasteiger partial charge in [0.05, 0.1) is 4.90 Å². The van der Waals surface area contributed by atoms with Gasteiger partial charge in [0.1, 0.15) is 6.04 Å². The number of unbranched alkanes of at least 4 members (excludes halogenated alkanes) is 2. The van der Waals surface area contributed by atoms with E-state index in [4.69, 9.17) is 4.74 Å². The van der Waals surface area contributed by atoms with E-state index < -0.39 is 34.4 Å². The third-order valence-electron chi connectivity index (χ3n) is 4.86. The van der Waals surface area contributed by atoms with Crippen LogP contribution in [0.2, 0.25) is 0 Å². The number of sulfonamides is 1. The Bertz CT molecular complexity index is 1060. The first-order chi connectivity index (χ1) is 15.6. The zero-order chi connectivity index (χ0) is 24.4. The average molecular weight is 475 g/mol. The standard InChI is InChI=1S/C24H30N2O6S/c1-4-5-6-7-23(28)25-20-12-10-19(11-13-20)22(27)16-32-24(29)18(3)26-33(30,31)21-14-8-17(2)9-15-21/h8-15,18,26H,4-7,16H2,1-3H3,(H,25,28)/t18-/m0/s1. The molecule has 0 spiro atoms. The van der Waals surface area contributed by atoms with Gasteiger partial charge in [-0.25, -0.2) is 8.42 Å². The van der Waals surface area contributed by atoms with Crippen LogP contribution in [0.5, 0.6) is 0 Å². The molecule has 8 nitrogen and oxygen atoms in total. The van der Waals surface area contributed by atoms with Gasteiger partial charge in [-0.1, -0.05) is 37.5 Å². The summed E-state index contributed by atoms with van der Waals surface area (Å²) in [4.78, 5) is 36.4. The topological polar surface area (TPSA) is 119 Å². The molecule has 0 bridgehead atoms. The second kappa shape index (κ2) is 12.3. The van der Waals surface area contributed by atoms with Gasteiger partial charge in [-0.15, -0.1) is 0 Å². The summed E-state index contributed by atoms with van der Waals surface area (Å²) in [6, 6.07) is 11.3. The Balaban J connectivity index is 1.84. The normalized spacial score (nSPS) is 12.1. The molecular formula is C24H30N2O6S. The second-order valence-electron chi connectivity index (χ2n) is 7.77. The molecule has 0 aliphatic carbocycles. The van der Waals surface area contributed by atoms with Gasteiger partial charge in [0.25, 0.3) is 0 Å². The lowest BCUT2D eigenvalue weighted by molar-refractivity contribution is -0.144. The SMILES string of the molecule is CCCCCC(=O)Nc1ccc(C(=O)COC(=O)[C@H](C)NS(=O)(=O)c2ccc(C)cc2)cc1. The highest BCUT2D eigenvalue weighted by Crippen LogP contribution is 2.13. The Morgan fingerprint density at radius 2 is 1.61 bits per heavy atom. The third kappa shape index (κ3) is 8.43. The summed E-state index contributed by atoms with van der Waals surface area (Å²) in [7, 11) is -3.90. The van der Waals surface area contributed by atoms with Crippen molar-refractivity contribution < 1.29 is 27.5 Å². The van der Waals surface area contributed by atoms with Gasteiger partial charge < -0.3 is 10.1 Å². The van der Waals surface area contributed by atoms with Crippen LogP contribution in [0.3, 0.4) is 0 Å². The van der Waals surface area contributed by atoms with Crippen LogP contribution in [0.15, 0.2) is 53.4 Å². The molecule has 0 fully saturated rings. The van der Waals surface area contributed by atoms with Gasteiger partial charge in [-0.3, -0.25) is 14.4 Å². The smallest absolute Gasteiger partial charge is 0.324 e. The first-order valence-electron chi connectivity index (χ1n) is 10.8. The quantitative estimate of drug-likeness (QED) is 0.276. The predicted molar refractivity (Wildman–Crippen MR) is 125 cm³/mol. The van der Waals surface area contributed by atoms with E-state index in [0.29, 0.717) is 17.7 Å². The van der Waals surface area contributed by atoms with E-state index in [0.717, 1.165) is 24.8 Å². The summed E-state index contributed by atoms with van der Waals surface area (Å²) >= 11 is 0. The van der Waals surface area contributed by atoms with Crippen molar-refractivity contribution in [1.82, 2.24) is 4.72 Å². The molecule has 0 aliphatic heterocycles. The number of carbonyl (C=O) groups is 3. The maximum absolute atomic E-state index is 12.4. The molecule has 1 amide bonds. The summed E-state index contributed by atoms with van der Waals surface area (Å²) in [5.74, 6) is -1.40. The highest BCUT2D eigenvalue weighted by atomic mass is 32.2. The number of anilines is 1. The fraction of sp³-hybridized carbons (Fsp3) is 0.375. The number of Topliss-reactive ketones (excluding diaryl/α,β-unsaturated/α-hetero) is 1. The molecule has 2 N–H and O–H groups in total. The van der Waals surface area contributed by atoms with Crippen molar-refractivity contribution in [2.75, 3.05) is 11.9 Å². The van der Waals surface area contributed by atoms with Gasteiger partial charge in [-0.05, 0) is 56.7 Å². The maximum atomic E-state index is 12.4. The molecule has 0 unspecified atom stereocenters. The van der Waals surface area contributed by atoms with Crippen LogP contribution in [-0.4, -0.2) is 38.7 Å². The molecule has 0 saturated carbocycles. The molecule has 178 valence electrons. The molecule has 0 aromatic heterocycles. The van der Waals surface area contributed by atoms with Crippen LogP contribution < -0.4 is 10.0 Å². The number of ether oxygens (including phenoxy) is 1. The zero-order valence-corrected chi connectivity index (χ0v) is 19.9. The predicted octanol–water partition coefficient (Wildman–Crippen LogP) is 3.61. The lowest BCUT2D eigenvalue weighted by Gasteiger charge is -2.14. The number of ketones is 1. The van der Waals surface area contributed by atoms with Gasteiger partial charge in [0.2, 0.25) is 15.9 Å². The lowest BCUT2D eigenvalue weighted by Crippen LogP contribution is -2.40. The molecular weight excluding hydrogens is 444 g/mol. The number of benzene rings is 2. The van der Waals surface area contributed by atoms with Crippen LogP contribution in [0.25, 0.3) is 0 Å². The number of carbonyl (C=O) groups excluding carboxylic acids is 3. The van der Waals surface area contributed by atoms with E-state index in [1.807, 2.05) is 6.92 Å². The molecule has 2 aromatic rings. The van der Waals surface area contributed by atoms with E-state index >= 15 is 0 Å². The summed E-state index contributed by atoms with van der Waals surface area (Å²) in [6.07, 6.45) is 3.29. The Labute approximate surface area is 194 Å². The Kier molecular flexibility index (Phi) is 9.74. The Morgan fingerprint density at radius 3 is 2.21 bits per heavy atom. The molecule has 2 aromatic carbocycles. The van der Waals surface area contributed by atoms with Gasteiger partial charge >= 0.3 is 5.97 Å². The number of amides is 1. The van der Waals surface area contributed by atoms with E-state index in [1.165, 1.54) is 31.2 Å². The van der Waals surface area contributed by atoms with Crippen molar-refractivity contribution in [3.63, 3.8) is 0 Å². The number of rotatable bonds is 12. The Morgan fingerprint density at radius 1 is 0.970 bits per heavy atom. The highest BCUT2D eigenvalue weighted by Gasteiger charge is 2.23. The Hall–Kier alpha value is -3.04. The van der Waals surface area contributed by atoms with Crippen molar-refractivity contribution in [3.8, 4) is 0 Å². The van der Waals surface area contributed by atoms with Crippen molar-refractivity contribution >= 4 is 33.4 Å². The molecule has 0 radical (unpaired) electrons. The number of nitrogens with one attached hydrogen (secondary N) is 2. The van der Waals surface area contributed by atoms with Gasteiger partial charge in [0, 0.05) is 17.7 Å². The minimum Gasteiger partial charge on any atom is -0.456 e. The number of esters is 1. The minimum absolute atomic E-state index is 0.0290. The average Bonchev–Trinajstić information content (AvgIpc) is 2.78. The van der Waals surface area contributed by atoms with E-state index in [2.05, 4.69) is 17.0 Å². The molecule has 0 aliphatic rings. The minimum atomic E-state index is -3.90. The van der Waals surface area contributed by atoms with Gasteiger partial charge in [0.15, 0.2) is 12.4 Å². The van der Waals surface area contributed by atoms with E-state index in [1.54, 1.807) is 24.3 Å². The highest BCUT2D eigenvalue weighted by molar-refractivity contribution is 7.89. The second-order valence-corrected chi connectivity index (χ2v) is 9.48. The fourth-order valence-electron chi connectivity index (χ4n) is 2.91. The van der Waals surface area contributed by atoms with Crippen LogP contribution in [0, 0.1) is 6.92 Å². The number of hydrogen-bond donors (Lipinski definition) is 2. The summed E-state index contributed by atoms with van der Waals surface area (Å²) in [6.45, 7) is 4.71. The van der Waals surface area contributed by atoms with E-state index in [-0.39, 0.29) is 10.8 Å². The van der Waals surface area contributed by atoms with Crippen molar-refractivity contribution in [3.05, 3.63) is 59.7 Å². The molecule has 1 atom stereocenters. The first-order valence-corrected chi connectivity index (χ1v) is 12.3. The molecule has 33 heavy (non-hydrogen) atoms. The lowest BCUT2D eigenvalue weighted by atomic mass is 10.1.